The molecule has 0 atom stereocenters. The van der Waals surface area contributed by atoms with Gasteiger partial charge < -0.3 is 13.9 Å². The first-order valence-electron chi connectivity index (χ1n) is 3.59. The van der Waals surface area contributed by atoms with E-state index in [1.54, 1.807) is 14.2 Å². The third kappa shape index (κ3) is 5.06. The summed E-state index contributed by atoms with van der Waals surface area (Å²) < 4.78 is 14.7. The van der Waals surface area contributed by atoms with Gasteiger partial charge in [0.15, 0.2) is 6.29 Å². The Bertz CT molecular complexity index is 144. The maximum atomic E-state index is 10.6. The Labute approximate surface area is 74.4 Å². The molecule has 0 radical (unpaired) electrons. The molecule has 12 heavy (non-hydrogen) atoms. The molecule has 0 heterocycles. The second-order valence-electron chi connectivity index (χ2n) is 2.06. The maximum Gasteiger partial charge on any atom is 0.316 e. The molecule has 4 nitrogen and oxygen atoms in total. The molecule has 0 N–H and O–H groups in total. The summed E-state index contributed by atoms with van der Waals surface area (Å²) >= 11 is 0. The molecule has 0 saturated carbocycles. The molecular weight excluding hydrogens is 176 g/mol. The Morgan fingerprint density at radius 1 is 1.58 bits per heavy atom. The van der Waals surface area contributed by atoms with Gasteiger partial charge in [-0.3, -0.25) is 0 Å². The minimum absolute atomic E-state index is 0.255. The monoisotopic (exact) mass is 190 g/mol. The maximum absolute atomic E-state index is 10.6. The molecule has 0 aliphatic rings. The SMILES string of the molecule is C=CC(=O)O[SiH2]CC(OC)OC. The van der Waals surface area contributed by atoms with Gasteiger partial charge in [-0.25, -0.2) is 4.79 Å². The summed E-state index contributed by atoms with van der Waals surface area (Å²) in [4.78, 5) is 10.6. The van der Waals surface area contributed by atoms with Gasteiger partial charge in [0.25, 0.3) is 0 Å². The molecule has 0 aromatic carbocycles. The first-order valence-corrected chi connectivity index (χ1v) is 5.17. The van der Waals surface area contributed by atoms with Gasteiger partial charge in [-0.1, -0.05) is 6.58 Å². The fourth-order valence-corrected chi connectivity index (χ4v) is 1.75. The fraction of sp³-hybridized carbons (Fsp3) is 0.571. The van der Waals surface area contributed by atoms with Crippen LogP contribution in [0.5, 0.6) is 0 Å². The summed E-state index contributed by atoms with van der Waals surface area (Å²) in [6.45, 7) is 3.28. The quantitative estimate of drug-likeness (QED) is 0.331. The van der Waals surface area contributed by atoms with Gasteiger partial charge in [-0.15, -0.1) is 0 Å². The third-order valence-corrected chi connectivity index (χ3v) is 2.49. The molecule has 0 bridgehead atoms. The normalized spacial score (nSPS) is 10.9. The zero-order chi connectivity index (χ0) is 9.40. The van der Waals surface area contributed by atoms with E-state index in [0.717, 1.165) is 6.08 Å². The minimum atomic E-state index is -0.887. The Hall–Kier alpha value is -0.653. The minimum Gasteiger partial charge on any atom is -0.522 e. The number of methoxy groups -OCH3 is 2. The molecule has 0 fully saturated rings. The summed E-state index contributed by atoms with van der Waals surface area (Å²) in [5, 5.41) is 0. The number of hydrogen-bond donors (Lipinski definition) is 0. The molecule has 0 aliphatic heterocycles. The van der Waals surface area contributed by atoms with Crippen LogP contribution in [0.25, 0.3) is 0 Å². The van der Waals surface area contributed by atoms with Crippen molar-refractivity contribution in [2.75, 3.05) is 14.2 Å². The lowest BCUT2D eigenvalue weighted by Crippen LogP contribution is -2.17. The van der Waals surface area contributed by atoms with Crippen LogP contribution in [-0.2, 0) is 18.7 Å². The van der Waals surface area contributed by atoms with E-state index in [2.05, 4.69) is 6.58 Å². The van der Waals surface area contributed by atoms with Gasteiger partial charge in [-0.05, 0) is 0 Å². The van der Waals surface area contributed by atoms with E-state index in [0.29, 0.717) is 6.04 Å². The Morgan fingerprint density at radius 2 is 2.17 bits per heavy atom. The summed E-state index contributed by atoms with van der Waals surface area (Å²) in [5.41, 5.74) is 0. The average Bonchev–Trinajstić information content (AvgIpc) is 2.12. The van der Waals surface area contributed by atoms with Gasteiger partial charge in [0, 0.05) is 26.3 Å². The Kier molecular flexibility index (Phi) is 6.64. The van der Waals surface area contributed by atoms with E-state index in [9.17, 15) is 4.79 Å². The van der Waals surface area contributed by atoms with Crippen LogP contribution < -0.4 is 0 Å². The van der Waals surface area contributed by atoms with Crippen molar-refractivity contribution >= 4 is 15.7 Å². The highest BCUT2D eigenvalue weighted by Gasteiger charge is 2.06. The van der Waals surface area contributed by atoms with E-state index in [-0.39, 0.29) is 12.3 Å². The van der Waals surface area contributed by atoms with Gasteiger partial charge in [0.05, 0.1) is 0 Å². The third-order valence-electron chi connectivity index (χ3n) is 1.29. The molecule has 0 saturated heterocycles. The van der Waals surface area contributed by atoms with Crippen molar-refractivity contribution in [2.24, 2.45) is 0 Å². The molecule has 70 valence electrons. The average molecular weight is 190 g/mol. The van der Waals surface area contributed by atoms with Crippen LogP contribution >= 0.6 is 0 Å². The lowest BCUT2D eigenvalue weighted by atomic mass is 10.7. The van der Waals surface area contributed by atoms with Crippen LogP contribution in [0, 0.1) is 0 Å². The lowest BCUT2D eigenvalue weighted by Gasteiger charge is -2.11. The van der Waals surface area contributed by atoms with E-state index in [1.807, 2.05) is 0 Å². The van der Waals surface area contributed by atoms with Crippen LogP contribution in [0.1, 0.15) is 0 Å². The molecule has 0 aliphatic carbocycles. The highest BCUT2D eigenvalue weighted by Crippen LogP contribution is 1.97. The Balaban J connectivity index is 3.40. The molecule has 0 amide bonds. The molecular formula is C7H14O4Si. The molecule has 0 unspecified atom stereocenters. The zero-order valence-corrected chi connectivity index (χ0v) is 8.82. The second kappa shape index (κ2) is 7.02. The molecule has 0 aromatic heterocycles. The molecule has 0 spiro atoms. The number of ether oxygens (including phenoxy) is 2. The van der Waals surface area contributed by atoms with Crippen molar-refractivity contribution < 1.29 is 18.7 Å². The van der Waals surface area contributed by atoms with Crippen LogP contribution in [0.15, 0.2) is 12.7 Å². The summed E-state index contributed by atoms with van der Waals surface area (Å²) in [5.74, 6) is -0.368. The molecule has 5 heteroatoms. The topological polar surface area (TPSA) is 44.8 Å². The first-order chi connectivity index (χ1) is 5.74. The number of carbonyl (C=O) groups is 1. The summed E-state index contributed by atoms with van der Waals surface area (Å²) in [6, 6.07) is 0.659. The summed E-state index contributed by atoms with van der Waals surface area (Å²) in [7, 11) is 2.22. The number of carbonyl (C=O) groups excluding carboxylic acids is 1. The van der Waals surface area contributed by atoms with E-state index in [1.165, 1.54) is 0 Å². The van der Waals surface area contributed by atoms with Crippen LogP contribution in [0.3, 0.4) is 0 Å². The van der Waals surface area contributed by atoms with Gasteiger partial charge in [0.2, 0.25) is 9.76 Å². The largest absolute Gasteiger partial charge is 0.522 e. The standard InChI is InChI=1S/C7H14O4Si/c1-4-6(8)11-12-5-7(9-2)10-3/h4,7H,1,5,12H2,2-3H3. The predicted molar refractivity (Wildman–Crippen MR) is 47.4 cm³/mol. The van der Waals surface area contributed by atoms with Crippen molar-refractivity contribution in [3.8, 4) is 0 Å². The predicted octanol–water partition coefficient (Wildman–Crippen LogP) is -0.163. The van der Waals surface area contributed by atoms with E-state index >= 15 is 0 Å². The molecule has 0 aromatic rings. The zero-order valence-electron chi connectivity index (χ0n) is 7.41. The highest BCUT2D eigenvalue weighted by atomic mass is 28.2. The van der Waals surface area contributed by atoms with E-state index < -0.39 is 9.76 Å². The first kappa shape index (κ1) is 11.3. The van der Waals surface area contributed by atoms with Crippen molar-refractivity contribution in [1.82, 2.24) is 0 Å². The number of hydrogen-bond acceptors (Lipinski definition) is 4. The van der Waals surface area contributed by atoms with Crippen molar-refractivity contribution in [3.05, 3.63) is 12.7 Å². The Morgan fingerprint density at radius 3 is 2.58 bits per heavy atom. The molecule has 0 rings (SSSR count). The fourth-order valence-electron chi connectivity index (χ4n) is 0.647. The van der Waals surface area contributed by atoms with Crippen LogP contribution in [-0.4, -0.2) is 36.2 Å². The lowest BCUT2D eigenvalue weighted by molar-refractivity contribution is -0.129. The van der Waals surface area contributed by atoms with Crippen molar-refractivity contribution in [3.63, 3.8) is 0 Å². The van der Waals surface area contributed by atoms with E-state index in [4.69, 9.17) is 13.9 Å². The smallest absolute Gasteiger partial charge is 0.316 e. The number of rotatable bonds is 6. The van der Waals surface area contributed by atoms with Crippen LogP contribution in [0.2, 0.25) is 6.04 Å². The van der Waals surface area contributed by atoms with Crippen LogP contribution in [0.4, 0.5) is 0 Å². The van der Waals surface area contributed by atoms with Crippen molar-refractivity contribution in [1.29, 1.82) is 0 Å². The van der Waals surface area contributed by atoms with Gasteiger partial charge in [0.1, 0.15) is 0 Å². The second-order valence-corrected chi connectivity index (χ2v) is 3.34. The summed E-state index contributed by atoms with van der Waals surface area (Å²) in [6.07, 6.45) is 0.899. The van der Waals surface area contributed by atoms with Gasteiger partial charge in [-0.2, -0.15) is 0 Å². The van der Waals surface area contributed by atoms with Gasteiger partial charge >= 0.3 is 5.97 Å². The highest BCUT2D eigenvalue weighted by molar-refractivity contribution is 6.31. The van der Waals surface area contributed by atoms with Crippen molar-refractivity contribution in [2.45, 2.75) is 12.3 Å².